The van der Waals surface area contributed by atoms with Gasteiger partial charge in [0.25, 0.3) is 0 Å². The topological polar surface area (TPSA) is 20.2 Å². The van der Waals surface area contributed by atoms with Crippen LogP contribution < -0.4 is 0 Å². The number of benzene rings is 2. The normalized spacial score (nSPS) is 18.7. The van der Waals surface area contributed by atoms with Gasteiger partial charge in [-0.15, -0.1) is 11.8 Å². The number of fused-ring (bicyclic) bond motifs is 1. The van der Waals surface area contributed by atoms with Crippen molar-refractivity contribution in [1.82, 2.24) is 0 Å². The van der Waals surface area contributed by atoms with Crippen LogP contribution in [0.4, 0.5) is 0 Å². The van der Waals surface area contributed by atoms with Gasteiger partial charge in [0.1, 0.15) is 5.75 Å². The minimum absolute atomic E-state index is 0.340. The fourth-order valence-electron chi connectivity index (χ4n) is 2.39. The third kappa shape index (κ3) is 2.05. The lowest BCUT2D eigenvalue weighted by Crippen LogP contribution is -2.08. The molecule has 0 unspecified atom stereocenters. The first kappa shape index (κ1) is 10.7. The Hall–Kier alpha value is -1.41. The lowest BCUT2D eigenvalue weighted by molar-refractivity contribution is 0.475. The van der Waals surface area contributed by atoms with E-state index in [1.54, 1.807) is 12.1 Å². The maximum absolute atomic E-state index is 9.35. The van der Waals surface area contributed by atoms with Crippen molar-refractivity contribution in [2.24, 2.45) is 0 Å². The third-order valence-electron chi connectivity index (χ3n) is 3.25. The Morgan fingerprint density at radius 1 is 1.00 bits per heavy atom. The molecule has 0 spiro atoms. The van der Waals surface area contributed by atoms with E-state index in [0.29, 0.717) is 11.7 Å². The van der Waals surface area contributed by atoms with E-state index in [0.717, 1.165) is 0 Å². The average Bonchev–Trinajstić information content (AvgIpc) is 2.39. The van der Waals surface area contributed by atoms with Crippen molar-refractivity contribution in [1.29, 1.82) is 0 Å². The van der Waals surface area contributed by atoms with Crippen molar-refractivity contribution < 1.29 is 5.11 Å². The average molecular weight is 242 g/mol. The minimum atomic E-state index is 0.340. The highest BCUT2D eigenvalue weighted by molar-refractivity contribution is 7.99. The molecule has 3 rings (SSSR count). The van der Waals surface area contributed by atoms with Crippen molar-refractivity contribution in [3.05, 3.63) is 59.7 Å². The molecule has 1 aliphatic rings. The van der Waals surface area contributed by atoms with Gasteiger partial charge in [0, 0.05) is 10.8 Å². The summed E-state index contributed by atoms with van der Waals surface area (Å²) >= 11 is 1.94. The number of hydrogen-bond donors (Lipinski definition) is 1. The van der Waals surface area contributed by atoms with E-state index in [1.807, 2.05) is 23.9 Å². The number of thioether (sulfide) groups is 1. The summed E-state index contributed by atoms with van der Waals surface area (Å²) in [7, 11) is 0. The van der Waals surface area contributed by atoms with Gasteiger partial charge in [0.2, 0.25) is 0 Å². The molecule has 17 heavy (non-hydrogen) atoms. The lowest BCUT2D eigenvalue weighted by atomic mass is 9.89. The van der Waals surface area contributed by atoms with Crippen LogP contribution in [0.15, 0.2) is 53.4 Å². The summed E-state index contributed by atoms with van der Waals surface area (Å²) in [5, 5.41) is 9.35. The molecule has 2 aromatic rings. The van der Waals surface area contributed by atoms with E-state index in [4.69, 9.17) is 0 Å². The van der Waals surface area contributed by atoms with Gasteiger partial charge < -0.3 is 5.11 Å². The lowest BCUT2D eigenvalue weighted by Gasteiger charge is -2.25. The highest BCUT2D eigenvalue weighted by Gasteiger charge is 2.21. The van der Waals surface area contributed by atoms with Crippen LogP contribution in [0.25, 0.3) is 0 Å². The number of aromatic hydroxyl groups is 1. The van der Waals surface area contributed by atoms with E-state index in [9.17, 15) is 5.11 Å². The molecule has 1 atom stereocenters. The quantitative estimate of drug-likeness (QED) is 0.815. The summed E-state index contributed by atoms with van der Waals surface area (Å²) < 4.78 is 0. The predicted octanol–water partition coefficient (Wildman–Crippen LogP) is 4.02. The zero-order valence-electron chi connectivity index (χ0n) is 9.47. The summed E-state index contributed by atoms with van der Waals surface area (Å²) in [6.45, 7) is 0. The maximum atomic E-state index is 9.35. The van der Waals surface area contributed by atoms with Crippen molar-refractivity contribution in [2.75, 3.05) is 5.75 Å². The van der Waals surface area contributed by atoms with Gasteiger partial charge in [-0.3, -0.25) is 0 Å². The van der Waals surface area contributed by atoms with Crippen molar-refractivity contribution in [3.63, 3.8) is 0 Å². The summed E-state index contributed by atoms with van der Waals surface area (Å²) in [6.07, 6.45) is 1.17. The first-order chi connectivity index (χ1) is 8.34. The summed E-state index contributed by atoms with van der Waals surface area (Å²) in [6, 6.07) is 16.3. The zero-order chi connectivity index (χ0) is 11.7. The first-order valence-corrected chi connectivity index (χ1v) is 6.84. The Kier molecular flexibility index (Phi) is 2.81. The summed E-state index contributed by atoms with van der Waals surface area (Å²) in [5.74, 6) is 1.99. The monoisotopic (exact) mass is 242 g/mol. The molecule has 0 fully saturated rings. The molecule has 0 bridgehead atoms. The van der Waals surface area contributed by atoms with E-state index < -0.39 is 0 Å². The van der Waals surface area contributed by atoms with Crippen molar-refractivity contribution in [3.8, 4) is 5.75 Å². The van der Waals surface area contributed by atoms with E-state index in [2.05, 4.69) is 24.3 Å². The van der Waals surface area contributed by atoms with Crippen molar-refractivity contribution >= 4 is 11.8 Å². The fourth-order valence-corrected chi connectivity index (χ4v) is 3.52. The van der Waals surface area contributed by atoms with Gasteiger partial charge in [-0.25, -0.2) is 0 Å². The van der Waals surface area contributed by atoms with E-state index in [1.165, 1.54) is 28.2 Å². The Bertz CT molecular complexity index is 519. The van der Waals surface area contributed by atoms with Crippen LogP contribution in [0.5, 0.6) is 5.75 Å². The first-order valence-electron chi connectivity index (χ1n) is 5.85. The number of phenols is 1. The largest absolute Gasteiger partial charge is 0.508 e. The molecule has 86 valence electrons. The molecule has 0 aromatic heterocycles. The van der Waals surface area contributed by atoms with E-state index in [-0.39, 0.29) is 0 Å². The molecule has 0 amide bonds. The summed E-state index contributed by atoms with van der Waals surface area (Å²) in [4.78, 5) is 1.40. The standard InChI is InChI=1S/C15H14OS/c16-12-7-5-11(6-8-12)13-9-10-17-15-4-2-1-3-14(13)15/h1-8,13,16H,9-10H2/t13-/m1/s1. The molecule has 0 aliphatic carbocycles. The molecule has 0 saturated carbocycles. The van der Waals surface area contributed by atoms with Crippen LogP contribution in [0.1, 0.15) is 23.5 Å². The number of rotatable bonds is 1. The van der Waals surface area contributed by atoms with Crippen LogP contribution in [-0.4, -0.2) is 10.9 Å². The number of hydrogen-bond acceptors (Lipinski definition) is 2. The molecular weight excluding hydrogens is 228 g/mol. The second-order valence-electron chi connectivity index (χ2n) is 4.32. The molecule has 1 heterocycles. The fraction of sp³-hybridized carbons (Fsp3) is 0.200. The van der Waals surface area contributed by atoms with Crippen LogP contribution in [0.3, 0.4) is 0 Å². The smallest absolute Gasteiger partial charge is 0.115 e. The van der Waals surface area contributed by atoms with Gasteiger partial charge in [-0.2, -0.15) is 0 Å². The SMILES string of the molecule is Oc1ccc([C@H]2CCSc3ccccc32)cc1. The van der Waals surface area contributed by atoms with Gasteiger partial charge in [-0.05, 0) is 41.5 Å². The number of phenolic OH excluding ortho intramolecular Hbond substituents is 1. The Labute approximate surface area is 105 Å². The third-order valence-corrected chi connectivity index (χ3v) is 4.38. The van der Waals surface area contributed by atoms with Gasteiger partial charge in [0.15, 0.2) is 0 Å². The van der Waals surface area contributed by atoms with Crippen LogP contribution in [-0.2, 0) is 0 Å². The molecule has 2 aromatic carbocycles. The highest BCUT2D eigenvalue weighted by Crippen LogP contribution is 2.41. The predicted molar refractivity (Wildman–Crippen MR) is 71.7 cm³/mol. The minimum Gasteiger partial charge on any atom is -0.508 e. The molecule has 2 heteroatoms. The zero-order valence-corrected chi connectivity index (χ0v) is 10.3. The Morgan fingerprint density at radius 2 is 1.76 bits per heavy atom. The highest BCUT2D eigenvalue weighted by atomic mass is 32.2. The molecule has 1 nitrogen and oxygen atoms in total. The van der Waals surface area contributed by atoms with Crippen molar-refractivity contribution in [2.45, 2.75) is 17.2 Å². The maximum Gasteiger partial charge on any atom is 0.115 e. The van der Waals surface area contributed by atoms with Gasteiger partial charge in [0.05, 0.1) is 0 Å². The van der Waals surface area contributed by atoms with Crippen LogP contribution >= 0.6 is 11.8 Å². The second kappa shape index (κ2) is 4.46. The molecular formula is C15H14OS. The van der Waals surface area contributed by atoms with Crippen LogP contribution in [0.2, 0.25) is 0 Å². The Morgan fingerprint density at radius 3 is 2.59 bits per heavy atom. The van der Waals surface area contributed by atoms with Crippen LogP contribution in [0, 0.1) is 0 Å². The molecule has 1 N–H and O–H groups in total. The van der Waals surface area contributed by atoms with Gasteiger partial charge >= 0.3 is 0 Å². The molecule has 1 aliphatic heterocycles. The van der Waals surface area contributed by atoms with E-state index >= 15 is 0 Å². The summed E-state index contributed by atoms with van der Waals surface area (Å²) in [5.41, 5.74) is 2.73. The van der Waals surface area contributed by atoms with Gasteiger partial charge in [-0.1, -0.05) is 30.3 Å². The second-order valence-corrected chi connectivity index (χ2v) is 5.46. The molecule has 0 radical (unpaired) electrons. The Balaban J connectivity index is 2.03. The molecule has 0 saturated heterocycles.